The molecule has 1 aliphatic rings. The largest absolute Gasteiger partial charge is 0.287 e. The van der Waals surface area contributed by atoms with Gasteiger partial charge in [-0.1, -0.05) is 47.7 Å². The molecule has 1 fully saturated rings. The highest BCUT2D eigenvalue weighted by Gasteiger charge is 2.47. The van der Waals surface area contributed by atoms with E-state index < -0.39 is 11.7 Å². The predicted octanol–water partition coefficient (Wildman–Crippen LogP) is 6.03. The van der Waals surface area contributed by atoms with E-state index in [2.05, 4.69) is 27.1 Å². The van der Waals surface area contributed by atoms with Gasteiger partial charge in [0.1, 0.15) is 21.2 Å². The van der Waals surface area contributed by atoms with Crippen molar-refractivity contribution in [1.29, 1.82) is 0 Å². The van der Waals surface area contributed by atoms with E-state index in [-0.39, 0.29) is 16.5 Å². The number of carbonyl (C=O) groups excluding carboxylic acids is 1. The molecule has 0 aliphatic heterocycles. The van der Waals surface area contributed by atoms with E-state index in [1.165, 1.54) is 29.0 Å². The summed E-state index contributed by atoms with van der Waals surface area (Å²) in [4.78, 5) is 24.2. The first-order chi connectivity index (χ1) is 14.6. The lowest BCUT2D eigenvalue weighted by molar-refractivity contribution is 0.1000. The third-order valence-electron chi connectivity index (χ3n) is 5.40. The summed E-state index contributed by atoms with van der Waals surface area (Å²) >= 11 is 1.31. The number of aromatic nitrogens is 2. The SMILES string of the molecule is [N-]=[N+]=NC(=O)c1ccc(-c2nc3ccc(C4(c5ccccc5)CC4)nc3s2)c(F)c1. The van der Waals surface area contributed by atoms with Gasteiger partial charge in [-0.3, -0.25) is 4.79 Å². The number of benzene rings is 2. The second-order valence-corrected chi connectivity index (χ2v) is 8.15. The summed E-state index contributed by atoms with van der Waals surface area (Å²) in [7, 11) is 0. The first-order valence-corrected chi connectivity index (χ1v) is 10.2. The standard InChI is InChI=1S/C22H14FN5OS/c23-16-12-13(19(29)27-28-24)6-7-15(16)20-25-17-8-9-18(26-21(17)30-20)22(10-11-22)14-4-2-1-3-5-14/h1-9,12H,10-11H2. The van der Waals surface area contributed by atoms with Gasteiger partial charge in [0, 0.05) is 21.5 Å². The van der Waals surface area contributed by atoms with Crippen molar-refractivity contribution in [3.05, 3.63) is 93.7 Å². The van der Waals surface area contributed by atoms with Crippen molar-refractivity contribution in [2.45, 2.75) is 18.3 Å². The molecule has 4 aromatic rings. The molecule has 0 atom stereocenters. The van der Waals surface area contributed by atoms with E-state index in [4.69, 9.17) is 10.5 Å². The van der Waals surface area contributed by atoms with Crippen molar-refractivity contribution in [2.24, 2.45) is 5.11 Å². The Hall–Kier alpha value is -3.61. The van der Waals surface area contributed by atoms with Crippen LogP contribution in [-0.4, -0.2) is 15.9 Å². The monoisotopic (exact) mass is 415 g/mol. The zero-order valence-electron chi connectivity index (χ0n) is 15.6. The first-order valence-electron chi connectivity index (χ1n) is 9.34. The zero-order chi connectivity index (χ0) is 20.7. The molecule has 30 heavy (non-hydrogen) atoms. The summed E-state index contributed by atoms with van der Waals surface area (Å²) in [6.45, 7) is 0. The highest BCUT2D eigenvalue weighted by Crippen LogP contribution is 2.53. The van der Waals surface area contributed by atoms with Crippen LogP contribution in [0.3, 0.4) is 0 Å². The summed E-state index contributed by atoms with van der Waals surface area (Å²) in [5, 5.41) is 3.47. The zero-order valence-corrected chi connectivity index (χ0v) is 16.4. The second-order valence-electron chi connectivity index (χ2n) is 7.18. The molecular formula is C22H14FN5OS. The normalized spacial score (nSPS) is 14.3. The molecule has 0 saturated heterocycles. The molecule has 2 heterocycles. The Morgan fingerprint density at radius 1 is 1.10 bits per heavy atom. The molecular weight excluding hydrogens is 401 g/mol. The third-order valence-corrected chi connectivity index (χ3v) is 6.40. The molecule has 0 bridgehead atoms. The van der Waals surface area contributed by atoms with Crippen LogP contribution in [0.4, 0.5) is 4.39 Å². The van der Waals surface area contributed by atoms with Crippen molar-refractivity contribution >= 4 is 27.6 Å². The number of rotatable bonds is 4. The molecule has 1 amide bonds. The van der Waals surface area contributed by atoms with E-state index in [9.17, 15) is 9.18 Å². The number of carbonyl (C=O) groups is 1. The quantitative estimate of drug-likeness (QED) is 0.231. The molecule has 1 saturated carbocycles. The van der Waals surface area contributed by atoms with Gasteiger partial charge in [0.05, 0.1) is 5.69 Å². The average molecular weight is 415 g/mol. The number of pyridine rings is 1. The van der Waals surface area contributed by atoms with Crippen molar-refractivity contribution in [3.63, 3.8) is 0 Å². The van der Waals surface area contributed by atoms with Crippen LogP contribution in [0.2, 0.25) is 0 Å². The van der Waals surface area contributed by atoms with Crippen molar-refractivity contribution in [2.75, 3.05) is 0 Å². The summed E-state index contributed by atoms with van der Waals surface area (Å²) in [6, 6.07) is 18.2. The Morgan fingerprint density at radius 3 is 2.60 bits per heavy atom. The molecule has 146 valence electrons. The molecule has 6 nitrogen and oxygen atoms in total. The van der Waals surface area contributed by atoms with Crippen LogP contribution in [0.5, 0.6) is 0 Å². The Kier molecular flexibility index (Phi) is 4.31. The fourth-order valence-corrected chi connectivity index (χ4v) is 4.66. The minimum atomic E-state index is -0.825. The molecule has 2 aromatic heterocycles. The van der Waals surface area contributed by atoms with Crippen molar-refractivity contribution in [3.8, 4) is 10.6 Å². The van der Waals surface area contributed by atoms with Crippen LogP contribution in [0.15, 0.2) is 65.8 Å². The van der Waals surface area contributed by atoms with E-state index in [0.717, 1.165) is 29.4 Å². The number of amides is 1. The number of halogens is 1. The highest BCUT2D eigenvalue weighted by molar-refractivity contribution is 7.21. The Bertz CT molecular complexity index is 1340. The van der Waals surface area contributed by atoms with Crippen LogP contribution >= 0.6 is 11.3 Å². The van der Waals surface area contributed by atoms with Gasteiger partial charge in [0.15, 0.2) is 0 Å². The van der Waals surface area contributed by atoms with E-state index in [1.807, 2.05) is 30.3 Å². The van der Waals surface area contributed by atoms with E-state index in [0.29, 0.717) is 10.5 Å². The van der Waals surface area contributed by atoms with E-state index >= 15 is 0 Å². The molecule has 0 spiro atoms. The van der Waals surface area contributed by atoms with Crippen LogP contribution in [-0.2, 0) is 5.41 Å². The maximum Gasteiger partial charge on any atom is 0.249 e. The average Bonchev–Trinajstić information content (AvgIpc) is 3.47. The lowest BCUT2D eigenvalue weighted by atomic mass is 9.92. The maximum absolute atomic E-state index is 14.6. The minimum Gasteiger partial charge on any atom is -0.287 e. The van der Waals surface area contributed by atoms with Crippen LogP contribution < -0.4 is 0 Å². The minimum absolute atomic E-state index is 0.00545. The maximum atomic E-state index is 14.6. The Morgan fingerprint density at radius 2 is 1.90 bits per heavy atom. The van der Waals surface area contributed by atoms with Gasteiger partial charge < -0.3 is 0 Å². The summed E-state index contributed by atoms with van der Waals surface area (Å²) in [6.07, 6.45) is 2.10. The van der Waals surface area contributed by atoms with Gasteiger partial charge in [0.2, 0.25) is 5.91 Å². The lowest BCUT2D eigenvalue weighted by Gasteiger charge is -2.14. The van der Waals surface area contributed by atoms with E-state index in [1.54, 1.807) is 0 Å². The summed E-state index contributed by atoms with van der Waals surface area (Å²) in [5.74, 6) is -1.43. The second kappa shape index (κ2) is 7.02. The topological polar surface area (TPSA) is 91.6 Å². The van der Waals surface area contributed by atoms with Crippen molar-refractivity contribution in [1.82, 2.24) is 9.97 Å². The fourth-order valence-electron chi connectivity index (χ4n) is 3.69. The third kappa shape index (κ3) is 3.03. The summed E-state index contributed by atoms with van der Waals surface area (Å²) < 4.78 is 14.6. The fraction of sp³-hybridized carbons (Fsp3) is 0.136. The van der Waals surface area contributed by atoms with Gasteiger partial charge in [-0.05, 0) is 53.3 Å². The van der Waals surface area contributed by atoms with Gasteiger partial charge in [0.25, 0.3) is 0 Å². The van der Waals surface area contributed by atoms with Crippen LogP contribution in [0.1, 0.15) is 34.5 Å². The van der Waals surface area contributed by atoms with Crippen molar-refractivity contribution < 1.29 is 9.18 Å². The highest BCUT2D eigenvalue weighted by atomic mass is 32.1. The van der Waals surface area contributed by atoms with Gasteiger partial charge in [-0.15, -0.1) is 0 Å². The molecule has 8 heteroatoms. The van der Waals surface area contributed by atoms with Crippen LogP contribution in [0.25, 0.3) is 31.4 Å². The Balaban J connectivity index is 1.52. The first kappa shape index (κ1) is 18.4. The molecule has 5 rings (SSSR count). The van der Waals surface area contributed by atoms with Gasteiger partial charge >= 0.3 is 0 Å². The number of nitrogens with zero attached hydrogens (tertiary/aromatic N) is 5. The molecule has 0 unspecified atom stereocenters. The van der Waals surface area contributed by atoms with Gasteiger partial charge in [-0.2, -0.15) is 0 Å². The summed E-state index contributed by atoms with van der Waals surface area (Å²) in [5.41, 5.74) is 11.6. The molecule has 0 radical (unpaired) electrons. The predicted molar refractivity (Wildman–Crippen MR) is 113 cm³/mol. The van der Waals surface area contributed by atoms with Gasteiger partial charge in [-0.25, -0.2) is 14.4 Å². The number of hydrogen-bond acceptors (Lipinski definition) is 4. The molecule has 2 aromatic carbocycles. The Labute approximate surface area is 174 Å². The number of azide groups is 1. The smallest absolute Gasteiger partial charge is 0.249 e. The van der Waals surface area contributed by atoms with Crippen LogP contribution in [0, 0.1) is 5.82 Å². The number of fused-ring (bicyclic) bond motifs is 1. The number of hydrogen-bond donors (Lipinski definition) is 0. The lowest BCUT2D eigenvalue weighted by Crippen LogP contribution is -2.10. The molecule has 1 aliphatic carbocycles. The molecule has 0 N–H and O–H groups in total. The number of thiazole rings is 1.